The van der Waals surface area contributed by atoms with Crippen LogP contribution in [0.15, 0.2) is 100 Å². The van der Waals surface area contributed by atoms with Gasteiger partial charge in [-0.25, -0.2) is 0 Å². The van der Waals surface area contributed by atoms with Crippen LogP contribution in [0.25, 0.3) is 6.08 Å². The van der Waals surface area contributed by atoms with Crippen LogP contribution in [0.1, 0.15) is 25.2 Å². The van der Waals surface area contributed by atoms with Crippen molar-refractivity contribution >= 4 is 59.8 Å². The fraction of sp³-hybridized carbons (Fsp3) is 0. The third-order valence-corrected chi connectivity index (χ3v) is 8.72. The maximum absolute atomic E-state index is 12.8. The summed E-state index contributed by atoms with van der Waals surface area (Å²) in [5.74, 6) is -0.341. The molecule has 2 aliphatic rings. The molecular formula is C26H15NO2SSe. The number of benzene rings is 3. The van der Waals surface area contributed by atoms with Crippen LogP contribution in [0, 0.1) is 0 Å². The van der Waals surface area contributed by atoms with E-state index < -0.39 is 0 Å². The molecule has 0 saturated heterocycles. The quantitative estimate of drug-likeness (QED) is 0.171. The molecule has 0 spiro atoms. The summed E-state index contributed by atoms with van der Waals surface area (Å²) in [6.45, 7) is 0. The van der Waals surface area contributed by atoms with Gasteiger partial charge in [0.1, 0.15) is 0 Å². The SMILES string of the molecule is O=C1C(=Cc2ccc(N3c4ccccc4Sc4ccccc43)[se]2)C(=O)c2ccccc21. The Morgan fingerprint density at radius 1 is 0.677 bits per heavy atom. The van der Waals surface area contributed by atoms with E-state index in [0.29, 0.717) is 11.1 Å². The van der Waals surface area contributed by atoms with Gasteiger partial charge in [-0.1, -0.05) is 0 Å². The summed E-state index contributed by atoms with van der Waals surface area (Å²) in [6.07, 6.45) is 1.80. The summed E-state index contributed by atoms with van der Waals surface area (Å²) in [6, 6.07) is 28.1. The van der Waals surface area contributed by atoms with Crippen molar-refractivity contribution in [3.8, 4) is 0 Å². The summed E-state index contributed by atoms with van der Waals surface area (Å²) in [7, 11) is 0. The van der Waals surface area contributed by atoms with Crippen molar-refractivity contribution in [3.05, 3.63) is 106 Å². The van der Waals surface area contributed by atoms with Crippen molar-refractivity contribution in [2.75, 3.05) is 4.90 Å². The number of fused-ring (bicyclic) bond motifs is 3. The average Bonchev–Trinajstić information content (AvgIpc) is 3.36. The van der Waals surface area contributed by atoms with Crippen molar-refractivity contribution in [2.45, 2.75) is 9.79 Å². The molecular weight excluding hydrogens is 469 g/mol. The molecule has 0 atom stereocenters. The molecule has 1 aliphatic heterocycles. The number of para-hydroxylation sites is 2. The third kappa shape index (κ3) is 2.97. The fourth-order valence-corrected chi connectivity index (χ4v) is 7.14. The van der Waals surface area contributed by atoms with Crippen molar-refractivity contribution < 1.29 is 9.59 Å². The predicted molar refractivity (Wildman–Crippen MR) is 125 cm³/mol. The number of allylic oxidation sites excluding steroid dienone is 1. The van der Waals surface area contributed by atoms with Gasteiger partial charge in [0.2, 0.25) is 0 Å². The van der Waals surface area contributed by atoms with E-state index in [2.05, 4.69) is 59.5 Å². The molecule has 0 fully saturated rings. The van der Waals surface area contributed by atoms with E-state index in [1.54, 1.807) is 42.1 Å². The maximum atomic E-state index is 12.8. The average molecular weight is 484 g/mol. The van der Waals surface area contributed by atoms with Gasteiger partial charge >= 0.3 is 190 Å². The first-order valence-corrected chi connectivity index (χ1v) is 12.4. The molecule has 0 radical (unpaired) electrons. The molecule has 1 aromatic heterocycles. The van der Waals surface area contributed by atoms with E-state index in [4.69, 9.17) is 0 Å². The molecule has 3 nitrogen and oxygen atoms in total. The summed E-state index contributed by atoms with van der Waals surface area (Å²) in [5.41, 5.74) is 3.63. The number of carbonyl (C=O) groups is 2. The van der Waals surface area contributed by atoms with Crippen molar-refractivity contribution in [1.82, 2.24) is 0 Å². The molecule has 148 valence electrons. The molecule has 0 bridgehead atoms. The number of Topliss-reactive ketones (excluding diaryl/α,β-unsaturated/α-hetero) is 2. The second kappa shape index (κ2) is 7.24. The zero-order valence-corrected chi connectivity index (χ0v) is 18.8. The van der Waals surface area contributed by atoms with Crippen LogP contribution in [-0.2, 0) is 0 Å². The summed E-state index contributed by atoms with van der Waals surface area (Å²) < 4.78 is 2.22. The second-order valence-corrected chi connectivity index (χ2v) is 10.7. The van der Waals surface area contributed by atoms with E-state index in [1.807, 2.05) is 6.07 Å². The van der Waals surface area contributed by atoms with Crippen LogP contribution >= 0.6 is 11.8 Å². The summed E-state index contributed by atoms with van der Waals surface area (Å²) >= 11 is 1.76. The molecule has 3 aromatic carbocycles. The fourth-order valence-electron chi connectivity index (χ4n) is 4.03. The molecule has 0 amide bonds. The Balaban J connectivity index is 1.43. The Labute approximate surface area is 189 Å². The zero-order chi connectivity index (χ0) is 20.9. The van der Waals surface area contributed by atoms with Gasteiger partial charge in [-0.05, 0) is 0 Å². The minimum atomic E-state index is -0.171. The van der Waals surface area contributed by atoms with Gasteiger partial charge in [-0.15, -0.1) is 0 Å². The van der Waals surface area contributed by atoms with E-state index >= 15 is 0 Å². The second-order valence-electron chi connectivity index (χ2n) is 7.31. The summed E-state index contributed by atoms with van der Waals surface area (Å²) in [5, 5.41) is 0. The van der Waals surface area contributed by atoms with Gasteiger partial charge in [0, 0.05) is 0 Å². The van der Waals surface area contributed by atoms with Crippen LogP contribution < -0.4 is 4.90 Å². The van der Waals surface area contributed by atoms with Crippen LogP contribution in [0.5, 0.6) is 0 Å². The molecule has 31 heavy (non-hydrogen) atoms. The van der Waals surface area contributed by atoms with Crippen LogP contribution in [0.4, 0.5) is 15.9 Å². The van der Waals surface area contributed by atoms with Gasteiger partial charge in [0.25, 0.3) is 0 Å². The number of carbonyl (C=O) groups excluding carboxylic acids is 2. The number of ketones is 2. The number of rotatable bonds is 2. The predicted octanol–water partition coefficient (Wildman–Crippen LogP) is 6.14. The van der Waals surface area contributed by atoms with Gasteiger partial charge < -0.3 is 0 Å². The Hall–Kier alpha value is -3.11. The van der Waals surface area contributed by atoms with Crippen LogP contribution in [0.3, 0.4) is 0 Å². The van der Waals surface area contributed by atoms with Crippen molar-refractivity contribution in [2.24, 2.45) is 0 Å². The standard InChI is InChI=1S/C26H15NO2SSe/c28-25-17-7-1-2-8-18(17)26(29)19(25)15-16-13-14-24(31-16)27-20-9-3-5-11-22(20)30-23-12-6-4-10-21(23)27/h1-15H. The molecule has 0 unspecified atom stereocenters. The first kappa shape index (κ1) is 18.6. The molecule has 0 N–H and O–H groups in total. The Morgan fingerprint density at radius 2 is 1.23 bits per heavy atom. The van der Waals surface area contributed by atoms with E-state index in [1.165, 1.54) is 25.7 Å². The number of nitrogens with zero attached hydrogens (tertiary/aromatic N) is 1. The Bertz CT molecular complexity index is 1340. The molecule has 4 aromatic rings. The topological polar surface area (TPSA) is 37.4 Å². The number of hydrogen-bond acceptors (Lipinski definition) is 4. The third-order valence-electron chi connectivity index (χ3n) is 5.46. The monoisotopic (exact) mass is 485 g/mol. The van der Waals surface area contributed by atoms with Crippen molar-refractivity contribution in [3.63, 3.8) is 0 Å². The van der Waals surface area contributed by atoms with Gasteiger partial charge in [-0.2, -0.15) is 0 Å². The van der Waals surface area contributed by atoms with Gasteiger partial charge in [0.15, 0.2) is 0 Å². The first-order chi connectivity index (χ1) is 15.2. The molecule has 0 saturated carbocycles. The zero-order valence-electron chi connectivity index (χ0n) is 16.2. The Kier molecular flexibility index (Phi) is 4.35. The number of anilines is 3. The number of hydrogen-bond donors (Lipinski definition) is 0. The van der Waals surface area contributed by atoms with E-state index in [9.17, 15) is 9.59 Å². The van der Waals surface area contributed by atoms with Crippen molar-refractivity contribution in [1.29, 1.82) is 0 Å². The normalized spacial score (nSPS) is 14.3. The van der Waals surface area contributed by atoms with Gasteiger partial charge in [-0.3, -0.25) is 0 Å². The molecule has 2 heterocycles. The first-order valence-electron chi connectivity index (χ1n) is 9.87. The van der Waals surface area contributed by atoms with Gasteiger partial charge in [0.05, 0.1) is 0 Å². The Morgan fingerprint density at radius 3 is 1.84 bits per heavy atom. The summed E-state index contributed by atoms with van der Waals surface area (Å²) in [4.78, 5) is 30.3. The minimum absolute atomic E-state index is 0.0232. The molecule has 5 heteroatoms. The van der Waals surface area contributed by atoms with E-state index in [0.717, 1.165) is 4.44 Å². The molecule has 1 aliphatic carbocycles. The van der Waals surface area contributed by atoms with Crippen LogP contribution in [0.2, 0.25) is 0 Å². The van der Waals surface area contributed by atoms with Crippen LogP contribution in [-0.4, -0.2) is 26.1 Å². The molecule has 6 rings (SSSR count). The van der Waals surface area contributed by atoms with E-state index in [-0.39, 0.29) is 31.6 Å².